The Morgan fingerprint density at radius 1 is 0.444 bits per heavy atom. The fraction of sp³-hybridized carbons (Fsp3) is 0.471. The largest absolute Gasteiger partial charge is 0.422 e. The van der Waals surface area contributed by atoms with Crippen molar-refractivity contribution in [2.75, 3.05) is 42.7 Å². The lowest BCUT2D eigenvalue weighted by Crippen LogP contribution is -2.53. The first-order valence-electron chi connectivity index (χ1n) is 15.9. The molecule has 3 aromatic carbocycles. The summed E-state index contributed by atoms with van der Waals surface area (Å²) in [6.45, 7) is 0. The summed E-state index contributed by atoms with van der Waals surface area (Å²) in [6.07, 6.45) is 5.59. The van der Waals surface area contributed by atoms with E-state index in [1.54, 1.807) is 42.7 Å². The monoisotopic (exact) mass is 686 g/mol. The van der Waals surface area contributed by atoms with Crippen molar-refractivity contribution in [2.24, 2.45) is 0 Å². The minimum absolute atomic E-state index is 0.277. The summed E-state index contributed by atoms with van der Waals surface area (Å²) >= 11 is 0. The molecule has 248 valence electrons. The Labute approximate surface area is 277 Å². The van der Waals surface area contributed by atoms with Crippen LogP contribution in [0.4, 0.5) is 0 Å². The maximum Gasteiger partial charge on any atom is 0.371 e. The van der Waals surface area contributed by atoms with Gasteiger partial charge in [0.15, 0.2) is 0 Å². The highest BCUT2D eigenvalue weighted by Crippen LogP contribution is 2.34. The van der Waals surface area contributed by atoms with Gasteiger partial charge in [-0.3, -0.25) is 0 Å². The van der Waals surface area contributed by atoms with Gasteiger partial charge in [0, 0.05) is 42.7 Å². The van der Waals surface area contributed by atoms with E-state index in [1.807, 2.05) is 18.2 Å². The fourth-order valence-corrected chi connectivity index (χ4v) is 15.3. The van der Waals surface area contributed by atoms with Gasteiger partial charge in [0.1, 0.15) is 10.5 Å². The first kappa shape index (κ1) is 37.7. The van der Waals surface area contributed by atoms with Gasteiger partial charge in [0.05, 0.1) is 5.60 Å². The second kappa shape index (κ2) is 18.6. The molecule has 7 nitrogen and oxygen atoms in total. The van der Waals surface area contributed by atoms with Crippen molar-refractivity contribution < 1.29 is 31.0 Å². The van der Waals surface area contributed by atoms with Crippen LogP contribution in [-0.2, 0) is 31.0 Å². The van der Waals surface area contributed by atoms with E-state index < -0.39 is 25.7 Å². The first-order chi connectivity index (χ1) is 21.9. The molecule has 0 heterocycles. The van der Waals surface area contributed by atoms with E-state index in [9.17, 15) is 0 Å². The number of hydrogen-bond acceptors (Lipinski definition) is 7. The van der Waals surface area contributed by atoms with Crippen LogP contribution in [0.5, 0.6) is 0 Å². The molecule has 0 radical (unpaired) electrons. The van der Waals surface area contributed by atoms with Gasteiger partial charge in [-0.1, -0.05) is 91.0 Å². The smallest absolute Gasteiger partial charge is 0.371 e. The molecule has 45 heavy (non-hydrogen) atoms. The van der Waals surface area contributed by atoms with E-state index in [0.717, 1.165) is 72.2 Å². The van der Waals surface area contributed by atoms with E-state index in [4.69, 9.17) is 31.0 Å². The third-order valence-electron chi connectivity index (χ3n) is 9.47. The average molecular weight is 687 g/mol. The van der Waals surface area contributed by atoms with E-state index >= 15 is 0 Å². The van der Waals surface area contributed by atoms with Crippen LogP contribution < -0.4 is 15.6 Å². The zero-order chi connectivity index (χ0) is 32.7. The quantitative estimate of drug-likeness (QED) is 0.146. The standard InChI is InChI=1S/C34H54O7Si4/c1-35-43(36-2,31-19-10-7-11-20-31)28-16-25-34(41-42,26-17-29-44(37-3,38-4)32-21-12-8-13-22-32)27-18-30-45(39-5,40-6)33-23-14-9-15-24-33/h7-15,19-24H,16-18,25-30H2,1-6,42H3. The average Bonchev–Trinajstić information content (AvgIpc) is 3.12. The molecular weight excluding hydrogens is 633 g/mol. The van der Waals surface area contributed by atoms with Gasteiger partial charge < -0.3 is 31.0 Å². The van der Waals surface area contributed by atoms with Crippen LogP contribution in [0.2, 0.25) is 18.1 Å². The molecule has 0 aliphatic rings. The van der Waals surface area contributed by atoms with Crippen molar-refractivity contribution in [3.63, 3.8) is 0 Å². The van der Waals surface area contributed by atoms with E-state index in [1.165, 1.54) is 0 Å². The Morgan fingerprint density at radius 3 is 0.889 bits per heavy atom. The van der Waals surface area contributed by atoms with Crippen LogP contribution in [0.1, 0.15) is 38.5 Å². The molecule has 11 heteroatoms. The summed E-state index contributed by atoms with van der Waals surface area (Å²) < 4.78 is 43.6. The van der Waals surface area contributed by atoms with Gasteiger partial charge in [-0.15, -0.1) is 0 Å². The van der Waals surface area contributed by atoms with Crippen molar-refractivity contribution in [3.05, 3.63) is 91.0 Å². The molecule has 3 rings (SSSR count). The molecular formula is C34H54O7Si4. The first-order valence-corrected chi connectivity index (χ1v) is 22.8. The Bertz CT molecular complexity index is 1060. The molecule has 0 aliphatic carbocycles. The lowest BCUT2D eigenvalue weighted by molar-refractivity contribution is 0.0464. The Kier molecular flexibility index (Phi) is 15.5. The van der Waals surface area contributed by atoms with Crippen LogP contribution in [0.3, 0.4) is 0 Å². The molecule has 0 unspecified atom stereocenters. The van der Waals surface area contributed by atoms with E-state index in [-0.39, 0.29) is 5.60 Å². The maximum atomic E-state index is 6.64. The van der Waals surface area contributed by atoms with E-state index in [2.05, 4.69) is 72.8 Å². The van der Waals surface area contributed by atoms with Crippen molar-refractivity contribution in [2.45, 2.75) is 62.3 Å². The number of rotatable bonds is 22. The van der Waals surface area contributed by atoms with Crippen LogP contribution in [-0.4, -0.2) is 84.4 Å². The predicted octanol–water partition coefficient (Wildman–Crippen LogP) is 4.29. The number of benzene rings is 3. The fourth-order valence-electron chi connectivity index (χ4n) is 6.69. The molecule has 0 spiro atoms. The molecule has 0 aliphatic heterocycles. The zero-order valence-corrected chi connectivity index (χ0v) is 33.4. The summed E-state index contributed by atoms with van der Waals surface area (Å²) in [4.78, 5) is 0. The summed E-state index contributed by atoms with van der Waals surface area (Å²) in [6, 6.07) is 33.8. The number of hydrogen-bond donors (Lipinski definition) is 0. The topological polar surface area (TPSA) is 64.6 Å². The van der Waals surface area contributed by atoms with Gasteiger partial charge in [0.2, 0.25) is 0 Å². The molecule has 0 aromatic heterocycles. The van der Waals surface area contributed by atoms with Crippen LogP contribution >= 0.6 is 0 Å². The predicted molar refractivity (Wildman–Crippen MR) is 193 cm³/mol. The third-order valence-corrected chi connectivity index (χ3v) is 21.0. The molecule has 0 saturated carbocycles. The zero-order valence-electron chi connectivity index (χ0n) is 28.4. The van der Waals surface area contributed by atoms with Gasteiger partial charge in [-0.2, -0.15) is 0 Å². The molecule has 3 aromatic rings. The molecule has 0 bridgehead atoms. The highest BCUT2D eigenvalue weighted by Gasteiger charge is 2.42. The second-order valence-corrected chi connectivity index (χ2v) is 22.1. The van der Waals surface area contributed by atoms with Gasteiger partial charge in [-0.25, -0.2) is 0 Å². The lowest BCUT2D eigenvalue weighted by Gasteiger charge is -2.37. The molecule has 0 atom stereocenters. The van der Waals surface area contributed by atoms with Crippen LogP contribution in [0.15, 0.2) is 91.0 Å². The van der Waals surface area contributed by atoms with Crippen molar-refractivity contribution >= 4 is 51.7 Å². The normalized spacial score (nSPS) is 12.9. The summed E-state index contributed by atoms with van der Waals surface area (Å²) in [5.74, 6) is 0. The van der Waals surface area contributed by atoms with Crippen LogP contribution in [0, 0.1) is 0 Å². The van der Waals surface area contributed by atoms with E-state index in [0.29, 0.717) is 10.5 Å². The molecule has 0 fully saturated rings. The van der Waals surface area contributed by atoms with Gasteiger partial charge >= 0.3 is 25.7 Å². The molecule has 0 saturated heterocycles. The highest BCUT2D eigenvalue weighted by molar-refractivity contribution is 6.82. The Morgan fingerprint density at radius 2 is 0.689 bits per heavy atom. The third kappa shape index (κ3) is 9.42. The SMILES string of the molecule is CO[Si](CCCC(CCC[Si](OC)(OC)c1ccccc1)(CCC[Si](OC)(OC)c1ccccc1)O[SiH3])(OC)c1ccccc1. The lowest BCUT2D eigenvalue weighted by atomic mass is 9.88. The van der Waals surface area contributed by atoms with Gasteiger partial charge in [-0.05, 0) is 72.2 Å². The van der Waals surface area contributed by atoms with Crippen LogP contribution in [0.25, 0.3) is 0 Å². The molecule has 0 amide bonds. The van der Waals surface area contributed by atoms with Crippen molar-refractivity contribution in [3.8, 4) is 0 Å². The minimum atomic E-state index is -2.58. The van der Waals surface area contributed by atoms with Gasteiger partial charge in [0.25, 0.3) is 0 Å². The Hall–Kier alpha value is -1.75. The maximum absolute atomic E-state index is 6.64. The summed E-state index contributed by atoms with van der Waals surface area (Å²) in [7, 11) is 3.62. The van der Waals surface area contributed by atoms with Crippen molar-refractivity contribution in [1.82, 2.24) is 0 Å². The minimum Gasteiger partial charge on any atom is -0.422 e. The second-order valence-electron chi connectivity index (χ2n) is 11.5. The summed E-state index contributed by atoms with van der Waals surface area (Å²) in [5.41, 5.74) is -0.277. The highest BCUT2D eigenvalue weighted by atomic mass is 28.4. The summed E-state index contributed by atoms with van der Waals surface area (Å²) in [5, 5.41) is 3.47. The Balaban J connectivity index is 1.82. The van der Waals surface area contributed by atoms with Crippen molar-refractivity contribution in [1.29, 1.82) is 0 Å². The molecule has 0 N–H and O–H groups in total.